The lowest BCUT2D eigenvalue weighted by Gasteiger charge is -2.03. The zero-order chi connectivity index (χ0) is 11.1. The van der Waals surface area contributed by atoms with E-state index in [1.165, 1.54) is 0 Å². The lowest BCUT2D eigenvalue weighted by atomic mass is 10.1. The molecular weight excluding hydrogens is 227 g/mol. The van der Waals surface area contributed by atoms with Crippen molar-refractivity contribution >= 4 is 17.3 Å². The van der Waals surface area contributed by atoms with Crippen LogP contribution < -0.4 is 0 Å². The van der Waals surface area contributed by atoms with Gasteiger partial charge in [-0.25, -0.2) is 0 Å². The molecule has 1 aromatic carbocycles. The summed E-state index contributed by atoms with van der Waals surface area (Å²) in [5.74, 6) is 0. The van der Waals surface area contributed by atoms with E-state index in [9.17, 15) is 13.2 Å². The maximum absolute atomic E-state index is 12.0. The van der Waals surface area contributed by atoms with Gasteiger partial charge in [0.2, 0.25) is 0 Å². The van der Waals surface area contributed by atoms with E-state index in [1.54, 1.807) is 24.3 Å². The van der Waals surface area contributed by atoms with E-state index >= 15 is 0 Å². The van der Waals surface area contributed by atoms with Gasteiger partial charge in [0.1, 0.15) is 6.04 Å². The Balaban J connectivity index is 1.99. The molecule has 1 heterocycles. The summed E-state index contributed by atoms with van der Waals surface area (Å²) in [4.78, 5) is 3.79. The number of hydrogen-bond acceptors (Lipinski definition) is 1. The molecular formula is C10H7ClF3N. The van der Waals surface area contributed by atoms with Crippen LogP contribution in [0.25, 0.3) is 0 Å². The van der Waals surface area contributed by atoms with Gasteiger partial charge in [0, 0.05) is 5.02 Å². The molecule has 80 valence electrons. The fourth-order valence-electron chi connectivity index (χ4n) is 1.38. The predicted octanol–water partition coefficient (Wildman–Crippen LogP) is 3.46. The summed E-state index contributed by atoms with van der Waals surface area (Å²) < 4.78 is 36.0. The Morgan fingerprint density at radius 2 is 1.80 bits per heavy atom. The zero-order valence-corrected chi connectivity index (χ0v) is 8.31. The number of nitrogens with zero attached hydrogens (tertiary/aromatic N) is 1. The van der Waals surface area contributed by atoms with Gasteiger partial charge in [-0.3, -0.25) is 4.99 Å². The van der Waals surface area contributed by atoms with Crippen LogP contribution in [0, 0.1) is 0 Å². The van der Waals surface area contributed by atoms with Gasteiger partial charge in [-0.15, -0.1) is 0 Å². The Morgan fingerprint density at radius 1 is 1.20 bits per heavy atom. The lowest BCUT2D eigenvalue weighted by molar-refractivity contribution is -0.133. The van der Waals surface area contributed by atoms with Gasteiger partial charge in [0.15, 0.2) is 0 Å². The standard InChI is InChI=1S/C10H7ClF3N/c11-7-3-1-6(2-4-7)9-8(15-9)5-10(12,13)14/h1-4,8H,5H2. The fourth-order valence-corrected chi connectivity index (χ4v) is 1.51. The number of benzene rings is 1. The van der Waals surface area contributed by atoms with Crippen LogP contribution in [0.2, 0.25) is 5.02 Å². The van der Waals surface area contributed by atoms with E-state index < -0.39 is 18.6 Å². The number of aliphatic imine (C=N–C) groups is 1. The smallest absolute Gasteiger partial charge is 0.277 e. The van der Waals surface area contributed by atoms with Crippen molar-refractivity contribution in [2.24, 2.45) is 4.99 Å². The predicted molar refractivity (Wildman–Crippen MR) is 52.4 cm³/mol. The molecule has 15 heavy (non-hydrogen) atoms. The number of alkyl halides is 3. The largest absolute Gasteiger partial charge is 0.391 e. The number of rotatable bonds is 2. The number of halogens is 4. The maximum atomic E-state index is 12.0. The molecule has 0 bridgehead atoms. The lowest BCUT2D eigenvalue weighted by Crippen LogP contribution is -2.14. The van der Waals surface area contributed by atoms with Crippen LogP contribution in [-0.4, -0.2) is 17.9 Å². The first-order valence-electron chi connectivity index (χ1n) is 4.36. The molecule has 1 aromatic rings. The Kier molecular flexibility index (Phi) is 2.46. The third kappa shape index (κ3) is 2.72. The summed E-state index contributed by atoms with van der Waals surface area (Å²) in [6, 6.07) is 5.95. The average Bonchev–Trinajstić information content (AvgIpc) is 2.82. The van der Waals surface area contributed by atoms with Crippen LogP contribution in [0.1, 0.15) is 12.0 Å². The normalized spacial score (nSPS) is 20.0. The molecule has 0 spiro atoms. The van der Waals surface area contributed by atoms with Crippen molar-refractivity contribution in [2.45, 2.75) is 18.6 Å². The Morgan fingerprint density at radius 3 is 2.33 bits per heavy atom. The fraction of sp³-hybridized carbons (Fsp3) is 0.300. The van der Waals surface area contributed by atoms with Crippen molar-refractivity contribution in [1.82, 2.24) is 0 Å². The molecule has 1 unspecified atom stereocenters. The van der Waals surface area contributed by atoms with Gasteiger partial charge >= 0.3 is 6.18 Å². The second kappa shape index (κ2) is 3.52. The highest BCUT2D eigenvalue weighted by molar-refractivity contribution is 6.30. The summed E-state index contributed by atoms with van der Waals surface area (Å²) in [6.07, 6.45) is -5.02. The summed E-state index contributed by atoms with van der Waals surface area (Å²) >= 11 is 5.66. The van der Waals surface area contributed by atoms with Crippen LogP contribution in [0.4, 0.5) is 13.2 Å². The van der Waals surface area contributed by atoms with Gasteiger partial charge in [-0.1, -0.05) is 23.7 Å². The topological polar surface area (TPSA) is 12.4 Å². The summed E-state index contributed by atoms with van der Waals surface area (Å²) in [6.45, 7) is 0. The van der Waals surface area contributed by atoms with Crippen LogP contribution in [0.5, 0.6) is 0 Å². The average molecular weight is 234 g/mol. The minimum atomic E-state index is -4.15. The second-order valence-electron chi connectivity index (χ2n) is 3.36. The van der Waals surface area contributed by atoms with Crippen LogP contribution in [-0.2, 0) is 0 Å². The van der Waals surface area contributed by atoms with E-state index in [0.29, 0.717) is 16.3 Å². The van der Waals surface area contributed by atoms with E-state index in [-0.39, 0.29) is 0 Å². The molecule has 0 saturated heterocycles. The van der Waals surface area contributed by atoms with Crippen molar-refractivity contribution in [1.29, 1.82) is 0 Å². The monoisotopic (exact) mass is 233 g/mol. The first kappa shape index (κ1) is 10.5. The highest BCUT2D eigenvalue weighted by Crippen LogP contribution is 2.31. The molecule has 2 rings (SSSR count). The minimum Gasteiger partial charge on any atom is -0.277 e. The van der Waals surface area contributed by atoms with E-state index in [0.717, 1.165) is 0 Å². The molecule has 5 heteroatoms. The first-order valence-corrected chi connectivity index (χ1v) is 4.74. The molecule has 0 N–H and O–H groups in total. The summed E-state index contributed by atoms with van der Waals surface area (Å²) in [5.41, 5.74) is 1.23. The van der Waals surface area contributed by atoms with Crippen molar-refractivity contribution < 1.29 is 13.2 Å². The number of hydrogen-bond donors (Lipinski definition) is 0. The Bertz CT molecular complexity index is 394. The Labute approximate surface area is 89.6 Å². The molecule has 1 aliphatic rings. The summed E-state index contributed by atoms with van der Waals surface area (Å²) in [7, 11) is 0. The van der Waals surface area contributed by atoms with E-state index in [2.05, 4.69) is 4.99 Å². The minimum absolute atomic E-state index is 0.518. The van der Waals surface area contributed by atoms with Gasteiger partial charge in [-0.05, 0) is 17.7 Å². The molecule has 0 amide bonds. The van der Waals surface area contributed by atoms with Crippen LogP contribution in [0.15, 0.2) is 29.3 Å². The van der Waals surface area contributed by atoms with Gasteiger partial charge < -0.3 is 0 Å². The molecule has 0 fully saturated rings. The SMILES string of the molecule is FC(F)(F)CC1N=C1c1ccc(Cl)cc1. The summed E-state index contributed by atoms with van der Waals surface area (Å²) in [5, 5.41) is 0.562. The van der Waals surface area contributed by atoms with Crippen LogP contribution in [0.3, 0.4) is 0 Å². The highest BCUT2D eigenvalue weighted by Gasteiger charge is 2.40. The van der Waals surface area contributed by atoms with E-state index in [4.69, 9.17) is 11.6 Å². The zero-order valence-electron chi connectivity index (χ0n) is 7.55. The van der Waals surface area contributed by atoms with Crippen molar-refractivity contribution in [3.05, 3.63) is 34.9 Å². The maximum Gasteiger partial charge on any atom is 0.391 e. The molecule has 0 aromatic heterocycles. The second-order valence-corrected chi connectivity index (χ2v) is 3.79. The highest BCUT2D eigenvalue weighted by atomic mass is 35.5. The van der Waals surface area contributed by atoms with Gasteiger partial charge in [-0.2, -0.15) is 13.2 Å². The molecule has 1 atom stereocenters. The van der Waals surface area contributed by atoms with Crippen molar-refractivity contribution in [2.75, 3.05) is 0 Å². The molecule has 0 radical (unpaired) electrons. The quantitative estimate of drug-likeness (QED) is 0.742. The van der Waals surface area contributed by atoms with Crippen LogP contribution >= 0.6 is 11.6 Å². The Hall–Kier alpha value is -1.03. The van der Waals surface area contributed by atoms with Gasteiger partial charge in [0.05, 0.1) is 12.1 Å². The molecule has 1 nitrogen and oxygen atoms in total. The molecule has 1 aliphatic heterocycles. The third-order valence-corrected chi connectivity index (χ3v) is 2.36. The molecule has 0 aliphatic carbocycles. The first-order chi connectivity index (χ1) is 6.96. The molecule has 0 saturated carbocycles. The van der Waals surface area contributed by atoms with Crippen molar-refractivity contribution in [3.63, 3.8) is 0 Å². The van der Waals surface area contributed by atoms with Gasteiger partial charge in [0.25, 0.3) is 0 Å². The third-order valence-electron chi connectivity index (χ3n) is 2.11. The van der Waals surface area contributed by atoms with Crippen molar-refractivity contribution in [3.8, 4) is 0 Å². The van der Waals surface area contributed by atoms with E-state index in [1.807, 2.05) is 0 Å².